The van der Waals surface area contributed by atoms with Gasteiger partial charge in [0.05, 0.1) is 45.9 Å². The number of amides is 5. The predicted octanol–water partition coefficient (Wildman–Crippen LogP) is 3.55. The van der Waals surface area contributed by atoms with Crippen molar-refractivity contribution in [2.75, 3.05) is 49.1 Å². The lowest BCUT2D eigenvalue weighted by atomic mass is 9.93. The van der Waals surface area contributed by atoms with Crippen LogP contribution in [0.15, 0.2) is 42.7 Å². The van der Waals surface area contributed by atoms with Crippen molar-refractivity contribution >= 4 is 52.6 Å². The third-order valence-electron chi connectivity index (χ3n) is 13.0. The molecule has 2 saturated carbocycles. The second-order valence-corrected chi connectivity index (χ2v) is 17.0. The summed E-state index contributed by atoms with van der Waals surface area (Å²) in [5.41, 5.74) is 0.984. The van der Waals surface area contributed by atoms with Crippen LogP contribution in [0.25, 0.3) is 0 Å². The van der Waals surface area contributed by atoms with Gasteiger partial charge in [-0.15, -0.1) is 0 Å². The number of halogens is 2. The minimum atomic E-state index is -1.10. The fourth-order valence-electron chi connectivity index (χ4n) is 9.62. The minimum Gasteiger partial charge on any atom is -0.490 e. The molecule has 3 aromatic rings. The highest BCUT2D eigenvalue weighted by Gasteiger charge is 2.57. The number of fused-ring (bicyclic) bond motifs is 2. The zero-order valence-corrected chi connectivity index (χ0v) is 33.2. The van der Waals surface area contributed by atoms with E-state index in [4.69, 9.17) is 21.6 Å². The first kappa shape index (κ1) is 38.8. The summed E-state index contributed by atoms with van der Waals surface area (Å²) in [7, 11) is 0. The van der Waals surface area contributed by atoms with Crippen molar-refractivity contribution in [1.82, 2.24) is 30.4 Å². The summed E-state index contributed by atoms with van der Waals surface area (Å²) < 4.78 is 21.6. The number of benzene rings is 2. The summed E-state index contributed by atoms with van der Waals surface area (Å²) in [4.78, 5) is 80.1. The lowest BCUT2D eigenvalue weighted by Gasteiger charge is -2.40. The van der Waals surface area contributed by atoms with Gasteiger partial charge in [-0.2, -0.15) is 5.26 Å². The number of piperidine rings is 2. The average Bonchev–Trinajstić information content (AvgIpc) is 3.53. The predicted molar refractivity (Wildman–Crippen MR) is 211 cm³/mol. The van der Waals surface area contributed by atoms with E-state index in [1.54, 1.807) is 24.4 Å². The van der Waals surface area contributed by atoms with E-state index in [0.29, 0.717) is 47.2 Å². The van der Waals surface area contributed by atoms with Crippen LogP contribution in [-0.2, 0) is 9.59 Å². The van der Waals surface area contributed by atoms with Crippen LogP contribution in [0.4, 0.5) is 15.9 Å². The highest BCUT2D eigenvalue weighted by Crippen LogP contribution is 2.53. The number of nitrogens with zero attached hydrogens (tertiary/aromatic N) is 7. The van der Waals surface area contributed by atoms with E-state index >= 15 is 4.39 Å². The van der Waals surface area contributed by atoms with Crippen LogP contribution in [-0.4, -0.2) is 113 Å². The van der Waals surface area contributed by atoms with Gasteiger partial charge in [0.1, 0.15) is 35.2 Å². The third-order valence-corrected chi connectivity index (χ3v) is 13.3. The quantitative estimate of drug-likeness (QED) is 0.300. The maximum Gasteiger partial charge on any atom is 0.271 e. The molecule has 306 valence electrons. The van der Waals surface area contributed by atoms with Crippen LogP contribution in [0.1, 0.15) is 82.2 Å². The molecule has 59 heavy (non-hydrogen) atoms. The first-order valence-electron chi connectivity index (χ1n) is 20.2. The van der Waals surface area contributed by atoms with E-state index in [-0.39, 0.29) is 59.4 Å². The van der Waals surface area contributed by atoms with Gasteiger partial charge in [0.15, 0.2) is 0 Å². The molecule has 1 unspecified atom stereocenters. The van der Waals surface area contributed by atoms with Crippen molar-refractivity contribution in [3.63, 3.8) is 0 Å². The van der Waals surface area contributed by atoms with Gasteiger partial charge in [0, 0.05) is 63.8 Å². The van der Waals surface area contributed by atoms with Gasteiger partial charge in [-0.05, 0) is 81.0 Å². The lowest BCUT2D eigenvalue weighted by molar-refractivity contribution is -0.136. The molecule has 1 aromatic heterocycles. The average molecular weight is 824 g/mol. The number of anilines is 2. The van der Waals surface area contributed by atoms with Crippen LogP contribution in [0, 0.1) is 34.9 Å². The number of nitrogens with one attached hydrogen (secondary N) is 2. The number of carbonyl (C=O) groups is 5. The summed E-state index contributed by atoms with van der Waals surface area (Å²) in [5, 5.41) is 14.7. The Bertz CT molecular complexity index is 2270. The molecule has 17 heteroatoms. The van der Waals surface area contributed by atoms with Gasteiger partial charge in [-0.25, -0.2) is 14.4 Å². The molecule has 3 saturated heterocycles. The standard InChI is InChI=1S/C42H43ClFN9O6/c1-22-18-51(37-17-46-34(16-47-37)39(55)48-24-3-6-25(7-4-24)59-26-5-2-23(15-45)32(43)12-26)11-10-50(22)19-29-30-20-52(21-31(29)30)36-14-28-27(13-33(36)44)41(57)53(42(28)58)35-8-9-38(54)49-40(35)56/h2,5,12-14,16-17,22,24-25,29-31,35H,3-4,6-11,18-21H2,1H3,(H,48,55)(H,49,54,56)/t22-,24-,25-,29-,30-,31+,35?/m0/s1. The Labute approximate surface area is 344 Å². The summed E-state index contributed by atoms with van der Waals surface area (Å²) in [6, 6.07) is 8.82. The molecular formula is C42H43ClFN9O6. The Balaban J connectivity index is 0.725. The van der Waals surface area contributed by atoms with Gasteiger partial charge in [0.25, 0.3) is 17.7 Å². The SMILES string of the molecule is C[C@H]1CN(c2cnc(C(=O)N[C@H]3CC[C@H](Oc4ccc(C#N)c(Cl)c4)CC3)cn2)CCN1C[C@H]1[C@@H]2CN(c3cc4c(cc3F)C(=O)N(C3CCC(=O)NC3=O)C4=O)C[C@@H]21. The molecule has 5 heterocycles. The second-order valence-electron chi connectivity index (χ2n) is 16.6. The molecule has 5 fully saturated rings. The molecule has 0 bridgehead atoms. The summed E-state index contributed by atoms with van der Waals surface area (Å²) in [6.45, 7) is 6.80. The molecule has 2 aromatic carbocycles. The highest BCUT2D eigenvalue weighted by atomic mass is 35.5. The number of aromatic nitrogens is 2. The molecule has 4 aliphatic heterocycles. The minimum absolute atomic E-state index is 0.00323. The zero-order chi connectivity index (χ0) is 41.1. The first-order chi connectivity index (χ1) is 28.4. The van der Waals surface area contributed by atoms with E-state index in [1.807, 2.05) is 11.0 Å². The van der Waals surface area contributed by atoms with Gasteiger partial charge in [-0.1, -0.05) is 11.6 Å². The summed E-state index contributed by atoms with van der Waals surface area (Å²) in [5.74, 6) is -0.724. The van der Waals surface area contributed by atoms with E-state index in [2.05, 4.69) is 37.3 Å². The van der Waals surface area contributed by atoms with Crippen molar-refractivity contribution in [2.45, 2.75) is 69.7 Å². The summed E-state index contributed by atoms with van der Waals surface area (Å²) >= 11 is 6.14. The Morgan fingerprint density at radius 2 is 1.71 bits per heavy atom. The van der Waals surface area contributed by atoms with Crippen molar-refractivity contribution in [3.8, 4) is 11.8 Å². The number of hydrogen-bond donors (Lipinski definition) is 2. The Kier molecular flexibility index (Phi) is 10.2. The Morgan fingerprint density at radius 3 is 2.37 bits per heavy atom. The van der Waals surface area contributed by atoms with E-state index < -0.39 is 35.5 Å². The molecule has 2 aliphatic carbocycles. The van der Waals surface area contributed by atoms with Crippen LogP contribution in [0.2, 0.25) is 5.02 Å². The van der Waals surface area contributed by atoms with Gasteiger partial charge < -0.3 is 19.9 Å². The largest absolute Gasteiger partial charge is 0.490 e. The monoisotopic (exact) mass is 823 g/mol. The number of nitriles is 1. The van der Waals surface area contributed by atoms with E-state index in [1.165, 1.54) is 12.3 Å². The number of rotatable bonds is 9. The Morgan fingerprint density at radius 1 is 0.966 bits per heavy atom. The molecule has 0 spiro atoms. The van der Waals surface area contributed by atoms with Crippen molar-refractivity contribution in [1.29, 1.82) is 5.26 Å². The van der Waals surface area contributed by atoms with Crippen molar-refractivity contribution in [3.05, 3.63) is 75.9 Å². The van der Waals surface area contributed by atoms with E-state index in [0.717, 1.165) is 68.6 Å². The smallest absolute Gasteiger partial charge is 0.271 e. The normalized spacial score (nSPS) is 27.9. The first-order valence-corrected chi connectivity index (χ1v) is 20.6. The fourth-order valence-corrected chi connectivity index (χ4v) is 9.83. The number of imide groups is 2. The molecule has 5 amide bonds. The third kappa shape index (κ3) is 7.46. The molecule has 2 N–H and O–H groups in total. The van der Waals surface area contributed by atoms with Gasteiger partial charge >= 0.3 is 0 Å². The Hall–Kier alpha value is -5.66. The highest BCUT2D eigenvalue weighted by molar-refractivity contribution is 6.31. The van der Waals surface area contributed by atoms with Gasteiger partial charge in [-0.3, -0.25) is 39.1 Å². The molecule has 5 atom stereocenters. The van der Waals surface area contributed by atoms with Crippen LogP contribution < -0.4 is 25.2 Å². The molecular weight excluding hydrogens is 781 g/mol. The second kappa shape index (κ2) is 15.5. The maximum absolute atomic E-state index is 15.5. The number of hydrogen-bond acceptors (Lipinski definition) is 12. The topological polar surface area (TPSA) is 181 Å². The zero-order valence-electron chi connectivity index (χ0n) is 32.4. The number of piperazine rings is 1. The van der Waals surface area contributed by atoms with Crippen LogP contribution >= 0.6 is 11.6 Å². The number of carbonyl (C=O) groups excluding carboxylic acids is 5. The van der Waals surface area contributed by atoms with Crippen molar-refractivity contribution in [2.24, 2.45) is 17.8 Å². The number of ether oxygens (including phenoxy) is 1. The molecule has 9 rings (SSSR count). The van der Waals surface area contributed by atoms with Crippen LogP contribution in [0.5, 0.6) is 5.75 Å². The fraction of sp³-hybridized carbons (Fsp3) is 0.476. The molecule has 15 nitrogen and oxygen atoms in total. The maximum atomic E-state index is 15.5. The van der Waals surface area contributed by atoms with Gasteiger partial charge in [0.2, 0.25) is 11.8 Å². The lowest BCUT2D eigenvalue weighted by Crippen LogP contribution is -2.54. The van der Waals surface area contributed by atoms with Crippen LogP contribution in [0.3, 0.4) is 0 Å². The summed E-state index contributed by atoms with van der Waals surface area (Å²) in [6.07, 6.45) is 6.34. The van der Waals surface area contributed by atoms with Crippen molar-refractivity contribution < 1.29 is 33.1 Å². The molecule has 0 radical (unpaired) electrons. The molecule has 6 aliphatic rings. The van der Waals surface area contributed by atoms with E-state index in [9.17, 15) is 24.0 Å².